The third-order valence-corrected chi connectivity index (χ3v) is 3.45. The second kappa shape index (κ2) is 9.43. The van der Waals surface area contributed by atoms with Gasteiger partial charge in [0.2, 0.25) is 0 Å². The normalized spacial score (nSPS) is 10.8. The zero-order valence-corrected chi connectivity index (χ0v) is 13.0. The minimum Gasteiger partial charge on any atom is -0.494 e. The Morgan fingerprint density at radius 3 is 2.19 bits per heavy atom. The molecular weight excluding hydrogens is 282 g/mol. The number of rotatable bonds is 9. The molecule has 2 rings (SSSR count). The summed E-state index contributed by atoms with van der Waals surface area (Å²) in [5, 5.41) is 0. The van der Waals surface area contributed by atoms with Gasteiger partial charge in [0.15, 0.2) is 0 Å². The van der Waals surface area contributed by atoms with Crippen molar-refractivity contribution in [2.75, 3.05) is 25.6 Å². The van der Waals surface area contributed by atoms with Crippen molar-refractivity contribution in [3.8, 4) is 5.75 Å². The molecule has 0 saturated heterocycles. The first-order valence-corrected chi connectivity index (χ1v) is 7.92. The molecule has 0 aromatic heterocycles. The van der Waals surface area contributed by atoms with Crippen LogP contribution in [0.4, 0.5) is 0 Å². The van der Waals surface area contributed by atoms with E-state index in [1.807, 2.05) is 36.4 Å². The van der Waals surface area contributed by atoms with Crippen LogP contribution >= 0.6 is 11.6 Å². The van der Waals surface area contributed by atoms with Gasteiger partial charge in [-0.1, -0.05) is 48.5 Å². The van der Waals surface area contributed by atoms with E-state index in [4.69, 9.17) is 16.3 Å². The van der Waals surface area contributed by atoms with Crippen molar-refractivity contribution >= 4 is 11.6 Å². The number of benzene rings is 2. The average molecular weight is 304 g/mol. The number of ether oxygens (including phenoxy) is 1. The smallest absolute Gasteiger partial charge is 0.119 e. The molecule has 21 heavy (non-hydrogen) atoms. The summed E-state index contributed by atoms with van der Waals surface area (Å²) in [4.78, 5) is 2.37. The third kappa shape index (κ3) is 6.19. The van der Waals surface area contributed by atoms with Crippen LogP contribution in [-0.4, -0.2) is 30.5 Å². The zero-order chi connectivity index (χ0) is 14.8. The Kier molecular flexibility index (Phi) is 7.13. The first-order chi connectivity index (χ1) is 10.4. The topological polar surface area (TPSA) is 12.5 Å². The molecule has 0 N–H and O–H groups in total. The van der Waals surface area contributed by atoms with Crippen molar-refractivity contribution in [1.82, 2.24) is 4.90 Å². The molecule has 0 saturated carbocycles. The third-order valence-electron chi connectivity index (χ3n) is 3.28. The molecule has 2 nitrogen and oxygen atoms in total. The Bertz CT molecular complexity index is 489. The highest BCUT2D eigenvalue weighted by Gasteiger charge is 2.05. The lowest BCUT2D eigenvalue weighted by Crippen LogP contribution is -2.27. The standard InChI is InChI=1S/C18H22ClNO/c19-12-14-20(16-17-8-3-1-4-9-17)13-7-15-21-18-10-5-2-6-11-18/h1-6,8-11H,7,12-16H2. The highest BCUT2D eigenvalue weighted by atomic mass is 35.5. The number of hydrogen-bond acceptors (Lipinski definition) is 2. The Morgan fingerprint density at radius 1 is 0.857 bits per heavy atom. The summed E-state index contributed by atoms with van der Waals surface area (Å²) in [5.41, 5.74) is 1.33. The number of alkyl halides is 1. The molecule has 0 amide bonds. The summed E-state index contributed by atoms with van der Waals surface area (Å²) in [6, 6.07) is 20.5. The Hall–Kier alpha value is -1.51. The number of nitrogens with zero attached hydrogens (tertiary/aromatic N) is 1. The van der Waals surface area contributed by atoms with Gasteiger partial charge in [0, 0.05) is 25.5 Å². The van der Waals surface area contributed by atoms with Gasteiger partial charge in [-0.05, 0) is 24.1 Å². The Labute approximate surface area is 132 Å². The van der Waals surface area contributed by atoms with Gasteiger partial charge >= 0.3 is 0 Å². The molecule has 0 heterocycles. The number of halogens is 1. The van der Waals surface area contributed by atoms with E-state index in [0.29, 0.717) is 5.88 Å². The van der Waals surface area contributed by atoms with E-state index in [1.165, 1.54) is 5.56 Å². The fraction of sp³-hybridized carbons (Fsp3) is 0.333. The largest absolute Gasteiger partial charge is 0.494 e. The maximum absolute atomic E-state index is 5.90. The zero-order valence-electron chi connectivity index (χ0n) is 12.2. The quantitative estimate of drug-likeness (QED) is 0.508. The highest BCUT2D eigenvalue weighted by molar-refractivity contribution is 6.18. The van der Waals surface area contributed by atoms with E-state index < -0.39 is 0 Å². The molecule has 0 fully saturated rings. The van der Waals surface area contributed by atoms with Crippen molar-refractivity contribution in [3.05, 3.63) is 66.2 Å². The lowest BCUT2D eigenvalue weighted by Gasteiger charge is -2.21. The molecular formula is C18H22ClNO. The fourth-order valence-electron chi connectivity index (χ4n) is 2.23. The first kappa shape index (κ1) is 15.9. The molecule has 0 aliphatic heterocycles. The van der Waals surface area contributed by atoms with E-state index in [0.717, 1.165) is 38.4 Å². The summed E-state index contributed by atoms with van der Waals surface area (Å²) in [6.45, 7) is 3.58. The molecule has 0 radical (unpaired) electrons. The van der Waals surface area contributed by atoms with Crippen molar-refractivity contribution in [1.29, 1.82) is 0 Å². The van der Waals surface area contributed by atoms with Crippen LogP contribution in [0.1, 0.15) is 12.0 Å². The predicted molar refractivity (Wildman–Crippen MR) is 89.0 cm³/mol. The van der Waals surface area contributed by atoms with Gasteiger partial charge in [-0.3, -0.25) is 4.90 Å². The van der Waals surface area contributed by atoms with E-state index >= 15 is 0 Å². The van der Waals surface area contributed by atoms with Crippen molar-refractivity contribution in [2.24, 2.45) is 0 Å². The van der Waals surface area contributed by atoms with Gasteiger partial charge in [0.05, 0.1) is 6.61 Å². The SMILES string of the molecule is ClCCN(CCCOc1ccccc1)Cc1ccccc1. The second-order valence-electron chi connectivity index (χ2n) is 4.97. The Balaban J connectivity index is 1.72. The molecule has 0 aliphatic carbocycles. The van der Waals surface area contributed by atoms with Crippen LogP contribution in [0.3, 0.4) is 0 Å². The van der Waals surface area contributed by atoms with Crippen LogP contribution in [0.2, 0.25) is 0 Å². The molecule has 0 atom stereocenters. The van der Waals surface area contributed by atoms with Crippen LogP contribution in [-0.2, 0) is 6.54 Å². The molecule has 0 aliphatic rings. The molecule has 0 spiro atoms. The summed E-state index contributed by atoms with van der Waals surface area (Å²) < 4.78 is 5.73. The van der Waals surface area contributed by atoms with Crippen molar-refractivity contribution in [2.45, 2.75) is 13.0 Å². The molecule has 112 valence electrons. The van der Waals surface area contributed by atoms with Gasteiger partial charge in [-0.25, -0.2) is 0 Å². The summed E-state index contributed by atoms with van der Waals surface area (Å²) in [6.07, 6.45) is 0.999. The van der Waals surface area contributed by atoms with Crippen LogP contribution in [0, 0.1) is 0 Å². The van der Waals surface area contributed by atoms with Gasteiger partial charge in [-0.15, -0.1) is 11.6 Å². The van der Waals surface area contributed by atoms with Gasteiger partial charge < -0.3 is 4.74 Å². The molecule has 2 aromatic carbocycles. The first-order valence-electron chi connectivity index (χ1n) is 7.38. The molecule has 0 unspecified atom stereocenters. The fourth-order valence-corrected chi connectivity index (χ4v) is 2.47. The molecule has 2 aromatic rings. The summed E-state index contributed by atoms with van der Waals surface area (Å²) in [5.74, 6) is 1.59. The second-order valence-corrected chi connectivity index (χ2v) is 5.34. The lowest BCUT2D eigenvalue weighted by atomic mass is 10.2. The molecule has 0 bridgehead atoms. The maximum atomic E-state index is 5.90. The number of hydrogen-bond donors (Lipinski definition) is 0. The predicted octanol–water partition coefficient (Wildman–Crippen LogP) is 4.20. The summed E-state index contributed by atoms with van der Waals surface area (Å²) >= 11 is 5.90. The van der Waals surface area contributed by atoms with Crippen LogP contribution in [0.5, 0.6) is 5.75 Å². The van der Waals surface area contributed by atoms with Crippen LogP contribution < -0.4 is 4.74 Å². The average Bonchev–Trinajstić information content (AvgIpc) is 2.54. The van der Waals surface area contributed by atoms with E-state index in [-0.39, 0.29) is 0 Å². The summed E-state index contributed by atoms with van der Waals surface area (Å²) in [7, 11) is 0. The maximum Gasteiger partial charge on any atom is 0.119 e. The Morgan fingerprint density at radius 2 is 1.52 bits per heavy atom. The van der Waals surface area contributed by atoms with Gasteiger partial charge in [0.25, 0.3) is 0 Å². The van der Waals surface area contributed by atoms with Crippen molar-refractivity contribution < 1.29 is 4.74 Å². The number of para-hydroxylation sites is 1. The monoisotopic (exact) mass is 303 g/mol. The van der Waals surface area contributed by atoms with Gasteiger partial charge in [-0.2, -0.15) is 0 Å². The highest BCUT2D eigenvalue weighted by Crippen LogP contribution is 2.09. The minimum atomic E-state index is 0.659. The van der Waals surface area contributed by atoms with E-state index in [9.17, 15) is 0 Å². The van der Waals surface area contributed by atoms with E-state index in [2.05, 4.69) is 29.2 Å². The lowest BCUT2D eigenvalue weighted by molar-refractivity contribution is 0.237. The minimum absolute atomic E-state index is 0.659. The van der Waals surface area contributed by atoms with Gasteiger partial charge in [0.1, 0.15) is 5.75 Å². The molecule has 3 heteroatoms. The van der Waals surface area contributed by atoms with Crippen LogP contribution in [0.15, 0.2) is 60.7 Å². The van der Waals surface area contributed by atoms with Crippen LogP contribution in [0.25, 0.3) is 0 Å². The van der Waals surface area contributed by atoms with Crippen molar-refractivity contribution in [3.63, 3.8) is 0 Å². The van der Waals surface area contributed by atoms with E-state index in [1.54, 1.807) is 0 Å².